The molecule has 5 nitrogen and oxygen atoms in total. The molecule has 1 fully saturated rings. The lowest BCUT2D eigenvalue weighted by Gasteiger charge is -2.32. The van der Waals surface area contributed by atoms with Crippen LogP contribution in [0.1, 0.15) is 48.1 Å². The number of rotatable bonds is 6. The number of methoxy groups -OCH3 is 1. The summed E-state index contributed by atoms with van der Waals surface area (Å²) in [6.45, 7) is 8.31. The molecule has 2 aromatic heterocycles. The molecule has 0 radical (unpaired) electrons. The highest BCUT2D eigenvalue weighted by atomic mass is 32.2. The van der Waals surface area contributed by atoms with Crippen LogP contribution in [0.2, 0.25) is 0 Å². The summed E-state index contributed by atoms with van der Waals surface area (Å²) < 4.78 is 7.69. The second-order valence-corrected chi connectivity index (χ2v) is 8.29. The highest BCUT2D eigenvalue weighted by Gasteiger charge is 2.46. The van der Waals surface area contributed by atoms with Crippen molar-refractivity contribution in [2.24, 2.45) is 4.99 Å². The molecule has 4 rings (SSSR count). The second kappa shape index (κ2) is 7.68. The van der Waals surface area contributed by atoms with Crippen molar-refractivity contribution in [2.75, 3.05) is 19.5 Å². The summed E-state index contributed by atoms with van der Waals surface area (Å²) >= 11 is 1.89. The van der Waals surface area contributed by atoms with Gasteiger partial charge in [0.1, 0.15) is 6.04 Å². The van der Waals surface area contributed by atoms with Gasteiger partial charge >= 0.3 is 0 Å². The Balaban J connectivity index is 1.78. The highest BCUT2D eigenvalue weighted by molar-refractivity contribution is 8.14. The number of hydrogen-bond donors (Lipinski definition) is 0. The van der Waals surface area contributed by atoms with E-state index in [4.69, 9.17) is 9.73 Å². The van der Waals surface area contributed by atoms with E-state index in [9.17, 15) is 0 Å². The lowest BCUT2D eigenvalue weighted by molar-refractivity contribution is 0.186. The van der Waals surface area contributed by atoms with Crippen LogP contribution in [0, 0.1) is 13.8 Å². The zero-order valence-electron chi connectivity index (χ0n) is 16.6. The van der Waals surface area contributed by atoms with Gasteiger partial charge in [0.2, 0.25) is 0 Å². The lowest BCUT2D eigenvalue weighted by Crippen LogP contribution is -2.35. The summed E-state index contributed by atoms with van der Waals surface area (Å²) in [5.41, 5.74) is 5.03. The molecule has 2 aliphatic heterocycles. The summed E-state index contributed by atoms with van der Waals surface area (Å²) in [7, 11) is 1.76. The summed E-state index contributed by atoms with van der Waals surface area (Å²) in [4.78, 5) is 12.3. The molecule has 2 aliphatic rings. The van der Waals surface area contributed by atoms with Crippen LogP contribution in [-0.2, 0) is 11.3 Å². The van der Waals surface area contributed by atoms with Crippen LogP contribution in [-0.4, -0.2) is 45.1 Å². The summed E-state index contributed by atoms with van der Waals surface area (Å²) in [6, 6.07) is 9.31. The predicted molar refractivity (Wildman–Crippen MR) is 111 cm³/mol. The van der Waals surface area contributed by atoms with E-state index in [0.717, 1.165) is 31.0 Å². The average molecular weight is 385 g/mol. The summed E-state index contributed by atoms with van der Waals surface area (Å²) in [5, 5.41) is 1.18. The third-order valence-corrected chi connectivity index (χ3v) is 6.91. The Hall–Kier alpha value is -1.79. The Morgan fingerprint density at radius 2 is 2.15 bits per heavy atom. The smallest absolute Gasteiger partial charge is 0.160 e. The van der Waals surface area contributed by atoms with Crippen molar-refractivity contribution in [3.05, 3.63) is 53.1 Å². The maximum atomic E-state index is 5.32. The van der Waals surface area contributed by atoms with Gasteiger partial charge < -0.3 is 14.2 Å². The maximum absolute atomic E-state index is 5.32. The summed E-state index contributed by atoms with van der Waals surface area (Å²) in [5.74, 6) is 1.13. The molecule has 6 heteroatoms. The molecule has 0 amide bonds. The minimum absolute atomic E-state index is 0.0550. The fourth-order valence-corrected chi connectivity index (χ4v) is 5.68. The Morgan fingerprint density at radius 3 is 2.85 bits per heavy atom. The number of aromatic nitrogens is 2. The number of amidine groups is 1. The molecule has 0 N–H and O–H groups in total. The first-order valence-electron chi connectivity index (χ1n) is 9.71. The average Bonchev–Trinajstić information content (AvgIpc) is 3.33. The summed E-state index contributed by atoms with van der Waals surface area (Å²) in [6.07, 6.45) is 3.02. The van der Waals surface area contributed by atoms with Crippen molar-refractivity contribution in [2.45, 2.75) is 51.9 Å². The van der Waals surface area contributed by atoms with Gasteiger partial charge in [0.25, 0.3) is 0 Å². The number of aliphatic imine (C=N–C) groups is 1. The number of pyridine rings is 1. The van der Waals surface area contributed by atoms with Crippen LogP contribution in [0.15, 0.2) is 35.5 Å². The van der Waals surface area contributed by atoms with Gasteiger partial charge in [0.05, 0.1) is 18.3 Å². The van der Waals surface area contributed by atoms with Gasteiger partial charge in [-0.15, -0.1) is 0 Å². The van der Waals surface area contributed by atoms with Gasteiger partial charge in [-0.05, 0) is 44.0 Å². The van der Waals surface area contributed by atoms with Crippen molar-refractivity contribution in [3.8, 4) is 0 Å². The van der Waals surface area contributed by atoms with Crippen molar-refractivity contribution < 1.29 is 4.74 Å². The lowest BCUT2D eigenvalue weighted by atomic mass is 9.95. The molecule has 0 unspecified atom stereocenters. The standard InChI is InChI=1S/C21H28N4OS/c1-5-16-13-27-21-23-19(18-8-6-7-9-22-18)20(25(16)21)17-12-14(2)24(15(17)3)10-11-26-4/h6-9,12,16,19-20H,5,10-11,13H2,1-4H3/t16-,19+,20-/m1/s1. The molecular formula is C21H28N4OS. The number of hydrogen-bond acceptors (Lipinski definition) is 5. The topological polar surface area (TPSA) is 42.6 Å². The Labute approximate surface area is 165 Å². The van der Waals surface area contributed by atoms with Gasteiger partial charge in [-0.1, -0.05) is 24.8 Å². The van der Waals surface area contributed by atoms with Gasteiger partial charge in [0.15, 0.2) is 5.17 Å². The number of ether oxygens (including phenoxy) is 1. The van der Waals surface area contributed by atoms with Crippen molar-refractivity contribution in [3.63, 3.8) is 0 Å². The van der Waals surface area contributed by atoms with Crippen LogP contribution in [0.25, 0.3) is 0 Å². The van der Waals surface area contributed by atoms with Crippen LogP contribution < -0.4 is 0 Å². The number of nitrogens with zero attached hydrogens (tertiary/aromatic N) is 4. The van der Waals surface area contributed by atoms with Gasteiger partial charge in [0, 0.05) is 43.0 Å². The molecule has 0 aliphatic carbocycles. The maximum Gasteiger partial charge on any atom is 0.160 e. The van der Waals surface area contributed by atoms with E-state index < -0.39 is 0 Å². The molecule has 0 saturated carbocycles. The molecule has 144 valence electrons. The Morgan fingerprint density at radius 1 is 1.30 bits per heavy atom. The Kier molecular flexibility index (Phi) is 5.28. The molecule has 2 aromatic rings. The van der Waals surface area contributed by atoms with Crippen molar-refractivity contribution in [1.82, 2.24) is 14.5 Å². The zero-order chi connectivity index (χ0) is 19.0. The molecule has 0 aromatic carbocycles. The first kappa shape index (κ1) is 18.6. The van der Waals surface area contributed by atoms with Crippen molar-refractivity contribution >= 4 is 16.9 Å². The molecule has 0 spiro atoms. The van der Waals surface area contributed by atoms with E-state index in [0.29, 0.717) is 6.04 Å². The third-order valence-electron chi connectivity index (χ3n) is 5.78. The van der Waals surface area contributed by atoms with E-state index in [1.165, 1.54) is 22.1 Å². The number of thioether (sulfide) groups is 1. The zero-order valence-corrected chi connectivity index (χ0v) is 17.4. The van der Waals surface area contributed by atoms with E-state index in [1.807, 2.05) is 24.0 Å². The van der Waals surface area contributed by atoms with Crippen LogP contribution in [0.4, 0.5) is 0 Å². The molecule has 27 heavy (non-hydrogen) atoms. The minimum atomic E-state index is 0.0550. The molecule has 3 atom stereocenters. The van der Waals surface area contributed by atoms with Gasteiger partial charge in [-0.2, -0.15) is 0 Å². The van der Waals surface area contributed by atoms with E-state index in [-0.39, 0.29) is 12.1 Å². The fraction of sp³-hybridized carbons (Fsp3) is 0.524. The second-order valence-electron chi connectivity index (χ2n) is 7.31. The van der Waals surface area contributed by atoms with Crippen LogP contribution in [0.3, 0.4) is 0 Å². The monoisotopic (exact) mass is 384 g/mol. The van der Waals surface area contributed by atoms with Crippen LogP contribution >= 0.6 is 11.8 Å². The van der Waals surface area contributed by atoms with Gasteiger partial charge in [-0.25, -0.2) is 0 Å². The normalized spacial score (nSPS) is 24.4. The molecule has 4 heterocycles. The van der Waals surface area contributed by atoms with E-state index >= 15 is 0 Å². The fourth-order valence-electron chi connectivity index (χ4n) is 4.34. The SMILES string of the molecule is CC[C@@H]1CSC2=N[C@@H](c3ccccn3)[C@@H](c3cc(C)n(CCOC)c3C)N21. The third kappa shape index (κ3) is 3.19. The first-order valence-corrected chi connectivity index (χ1v) is 10.7. The Bertz CT molecular complexity index is 832. The van der Waals surface area contributed by atoms with Gasteiger partial charge in [-0.3, -0.25) is 9.98 Å². The molecular weight excluding hydrogens is 356 g/mol. The van der Waals surface area contributed by atoms with E-state index in [2.05, 4.69) is 53.4 Å². The molecule has 1 saturated heterocycles. The van der Waals surface area contributed by atoms with E-state index in [1.54, 1.807) is 7.11 Å². The van der Waals surface area contributed by atoms with Crippen molar-refractivity contribution in [1.29, 1.82) is 0 Å². The number of fused-ring (bicyclic) bond motifs is 1. The quantitative estimate of drug-likeness (QED) is 0.751. The highest BCUT2D eigenvalue weighted by Crippen LogP contribution is 2.49. The first-order chi connectivity index (χ1) is 13.2. The molecule has 0 bridgehead atoms. The number of aryl methyl sites for hydroxylation is 1. The minimum Gasteiger partial charge on any atom is -0.383 e. The largest absolute Gasteiger partial charge is 0.383 e. The van der Waals surface area contributed by atoms with Crippen LogP contribution in [0.5, 0.6) is 0 Å². The predicted octanol–water partition coefficient (Wildman–Crippen LogP) is 4.13.